The van der Waals surface area contributed by atoms with Crippen LogP contribution in [0.15, 0.2) is 53.4 Å². The summed E-state index contributed by atoms with van der Waals surface area (Å²) in [6, 6.07) is 10.1. The van der Waals surface area contributed by atoms with E-state index in [2.05, 4.69) is 15.3 Å². The minimum Gasteiger partial charge on any atom is -0.480 e. The molecule has 3 heterocycles. The number of aromatic nitrogens is 2. The van der Waals surface area contributed by atoms with Crippen molar-refractivity contribution in [1.29, 1.82) is 0 Å². The maximum Gasteiger partial charge on any atom is 0.429 e. The Morgan fingerprint density at radius 1 is 1.20 bits per heavy atom. The molecule has 15 heteroatoms. The number of carboxylic acids is 1. The average Bonchev–Trinajstić information content (AvgIpc) is 3.39. The Bertz CT molecular complexity index is 1670. The van der Waals surface area contributed by atoms with E-state index in [9.17, 15) is 31.5 Å². The number of benzene rings is 2. The summed E-state index contributed by atoms with van der Waals surface area (Å²) in [6.07, 6.45) is -5.60. The Hall–Kier alpha value is -3.62. The molecule has 0 amide bonds. The number of hydrogen-bond donors (Lipinski definition) is 3. The molecule has 0 saturated carbocycles. The van der Waals surface area contributed by atoms with Crippen molar-refractivity contribution >= 4 is 39.2 Å². The molecule has 2 saturated heterocycles. The number of piperidine rings is 1. The summed E-state index contributed by atoms with van der Waals surface area (Å²) in [4.78, 5) is 21.4. The summed E-state index contributed by atoms with van der Waals surface area (Å²) >= 11 is 6.18. The van der Waals surface area contributed by atoms with Crippen LogP contribution in [-0.2, 0) is 14.6 Å². The van der Waals surface area contributed by atoms with E-state index < -0.39 is 40.0 Å². The molecule has 0 unspecified atom stereocenters. The van der Waals surface area contributed by atoms with Crippen LogP contribution in [0.4, 0.5) is 24.9 Å². The third-order valence-corrected chi connectivity index (χ3v) is 10.2. The second-order valence-corrected chi connectivity index (χ2v) is 13.8. The molecular formula is C29H31ClF3N5O5S. The van der Waals surface area contributed by atoms with Crippen molar-refractivity contribution in [2.75, 3.05) is 36.0 Å². The highest BCUT2D eigenvalue weighted by atomic mass is 35.5. The fourth-order valence-corrected chi connectivity index (χ4v) is 6.89. The number of rotatable bonds is 8. The lowest BCUT2D eigenvalue weighted by atomic mass is 9.76. The second kappa shape index (κ2) is 12.1. The minimum atomic E-state index is -4.91. The number of nitrogens with two attached hydrogens (primary N) is 1. The van der Waals surface area contributed by atoms with Crippen LogP contribution in [0.25, 0.3) is 11.1 Å². The molecule has 0 bridgehead atoms. The van der Waals surface area contributed by atoms with Crippen molar-refractivity contribution in [2.24, 2.45) is 5.41 Å². The lowest BCUT2D eigenvalue weighted by molar-refractivity contribution is -0.198. The quantitative estimate of drug-likeness (QED) is 0.307. The monoisotopic (exact) mass is 653 g/mol. The number of ether oxygens (including phenoxy) is 1. The molecule has 4 N–H and O–H groups in total. The van der Waals surface area contributed by atoms with Gasteiger partial charge < -0.3 is 25.8 Å². The highest BCUT2D eigenvalue weighted by Gasteiger charge is 2.46. The van der Waals surface area contributed by atoms with E-state index in [0.717, 1.165) is 0 Å². The Morgan fingerprint density at radius 2 is 1.93 bits per heavy atom. The topological polar surface area (TPSA) is 148 Å². The molecule has 0 radical (unpaired) electrons. The van der Waals surface area contributed by atoms with E-state index in [4.69, 9.17) is 22.1 Å². The molecule has 3 aromatic rings. The van der Waals surface area contributed by atoms with E-state index in [1.807, 2.05) is 4.90 Å². The summed E-state index contributed by atoms with van der Waals surface area (Å²) in [5.74, 6) is -1.45. The molecule has 2 aliphatic heterocycles. The molecule has 1 spiro atoms. The van der Waals surface area contributed by atoms with Crippen molar-refractivity contribution in [2.45, 2.75) is 49.4 Å². The van der Waals surface area contributed by atoms with E-state index in [1.54, 1.807) is 0 Å². The van der Waals surface area contributed by atoms with Gasteiger partial charge in [-0.25, -0.2) is 8.42 Å². The minimum absolute atomic E-state index is 0.0312. The number of nitrogens with one attached hydrogen (secondary N) is 1. The number of nitrogens with zero attached hydrogens (tertiary/aromatic N) is 3. The zero-order valence-corrected chi connectivity index (χ0v) is 25.2. The van der Waals surface area contributed by atoms with Crippen molar-refractivity contribution in [3.63, 3.8) is 0 Å². The number of halogens is 4. The predicted octanol–water partition coefficient (Wildman–Crippen LogP) is 4.89. The predicted molar refractivity (Wildman–Crippen MR) is 158 cm³/mol. The third-order valence-electron chi connectivity index (χ3n) is 8.23. The number of anilines is 2. The summed E-state index contributed by atoms with van der Waals surface area (Å²) in [5.41, 5.74) is 5.68. The summed E-state index contributed by atoms with van der Waals surface area (Å²) in [7, 11) is -3.63. The van der Waals surface area contributed by atoms with Crippen molar-refractivity contribution in [3.05, 3.63) is 59.1 Å². The standard InChI is InChI=1S/C29H31ClF3N5O5S/c1-2-44(41,42)19-5-3-4-17(12-19)21-13-18(30)6-7-20(21)25(29(31,32)33)43-24-14-23(36-27(34)37-24)38-10-8-28(9-11-38)15-22(26(39)40)35-16-28/h3-7,12-14,22,25,35H,2,8-11,15-16H2,1H3,(H,39,40)(H2,34,36,37)/t22-,25+/m0/s1. The maximum atomic E-state index is 14.6. The largest absolute Gasteiger partial charge is 0.480 e. The summed E-state index contributed by atoms with van der Waals surface area (Å²) in [5, 5.41) is 12.5. The number of nitrogen functional groups attached to an aromatic ring is 1. The van der Waals surface area contributed by atoms with Crippen LogP contribution < -0.4 is 20.7 Å². The molecule has 2 atom stereocenters. The van der Waals surface area contributed by atoms with E-state index in [0.29, 0.717) is 38.9 Å². The maximum absolute atomic E-state index is 14.6. The van der Waals surface area contributed by atoms with E-state index >= 15 is 0 Å². The fourth-order valence-electron chi connectivity index (χ4n) is 5.79. The van der Waals surface area contributed by atoms with Crippen LogP contribution in [0.5, 0.6) is 5.88 Å². The van der Waals surface area contributed by atoms with Crippen molar-refractivity contribution in [1.82, 2.24) is 15.3 Å². The van der Waals surface area contributed by atoms with Gasteiger partial charge in [0.05, 0.1) is 10.6 Å². The Kier molecular flexibility index (Phi) is 8.71. The zero-order chi connectivity index (χ0) is 31.9. The number of aliphatic carboxylic acids is 1. The first-order valence-electron chi connectivity index (χ1n) is 13.9. The van der Waals surface area contributed by atoms with Crippen LogP contribution in [0.1, 0.15) is 37.9 Å². The average molecular weight is 654 g/mol. The molecule has 44 heavy (non-hydrogen) atoms. The van der Waals surface area contributed by atoms with Gasteiger partial charge in [-0.2, -0.15) is 23.1 Å². The third kappa shape index (κ3) is 6.71. The number of alkyl halides is 3. The molecule has 5 rings (SSSR count). The van der Waals surface area contributed by atoms with E-state index in [-0.39, 0.29) is 49.5 Å². The molecule has 236 valence electrons. The molecule has 2 aliphatic rings. The van der Waals surface area contributed by atoms with Gasteiger partial charge in [0, 0.05) is 36.3 Å². The normalized spacial score (nSPS) is 19.2. The van der Waals surface area contributed by atoms with Gasteiger partial charge >= 0.3 is 12.1 Å². The van der Waals surface area contributed by atoms with Gasteiger partial charge in [0.15, 0.2) is 9.84 Å². The van der Waals surface area contributed by atoms with Gasteiger partial charge in [0.25, 0.3) is 0 Å². The first kappa shape index (κ1) is 31.8. The molecule has 1 aromatic heterocycles. The highest BCUT2D eigenvalue weighted by Crippen LogP contribution is 2.43. The van der Waals surface area contributed by atoms with Crippen LogP contribution in [-0.4, -0.2) is 67.1 Å². The second-order valence-electron chi connectivity index (χ2n) is 11.1. The first-order chi connectivity index (χ1) is 20.7. The SMILES string of the molecule is CCS(=O)(=O)c1cccc(-c2cc(Cl)ccc2[C@@H](Oc2cc(N3CCC4(CC3)CN[C@H](C(=O)O)C4)nc(N)n2)C(F)(F)F)c1. The van der Waals surface area contributed by atoms with Crippen LogP contribution in [0.2, 0.25) is 5.02 Å². The summed E-state index contributed by atoms with van der Waals surface area (Å²) < 4.78 is 74.4. The molecular weight excluding hydrogens is 623 g/mol. The van der Waals surface area contributed by atoms with Gasteiger partial charge in [0.1, 0.15) is 11.9 Å². The van der Waals surface area contributed by atoms with E-state index in [1.165, 1.54) is 55.5 Å². The van der Waals surface area contributed by atoms with Crippen LogP contribution in [0, 0.1) is 5.41 Å². The van der Waals surface area contributed by atoms with Gasteiger partial charge in [-0.1, -0.05) is 36.7 Å². The van der Waals surface area contributed by atoms with Crippen molar-refractivity contribution in [3.8, 4) is 17.0 Å². The first-order valence-corrected chi connectivity index (χ1v) is 15.9. The Morgan fingerprint density at radius 3 is 2.57 bits per heavy atom. The molecule has 2 fully saturated rings. The van der Waals surface area contributed by atoms with Gasteiger partial charge in [0.2, 0.25) is 17.9 Å². The zero-order valence-electron chi connectivity index (χ0n) is 23.6. The van der Waals surface area contributed by atoms with Crippen LogP contribution in [0.3, 0.4) is 0 Å². The lowest BCUT2D eigenvalue weighted by Gasteiger charge is -2.39. The molecule has 10 nitrogen and oxygen atoms in total. The molecule has 0 aliphatic carbocycles. The fraction of sp³-hybridized carbons (Fsp3) is 0.414. The van der Waals surface area contributed by atoms with Crippen LogP contribution >= 0.6 is 11.6 Å². The number of sulfone groups is 1. The smallest absolute Gasteiger partial charge is 0.429 e. The van der Waals surface area contributed by atoms with Gasteiger partial charge in [-0.15, -0.1) is 0 Å². The van der Waals surface area contributed by atoms with Gasteiger partial charge in [-0.3, -0.25) is 4.79 Å². The number of carboxylic acid groups (broad SMARTS) is 1. The number of hydrogen-bond acceptors (Lipinski definition) is 9. The number of carbonyl (C=O) groups is 1. The highest BCUT2D eigenvalue weighted by molar-refractivity contribution is 7.91. The molecule has 2 aromatic carbocycles. The van der Waals surface area contributed by atoms with Gasteiger partial charge in [-0.05, 0) is 60.1 Å². The Balaban J connectivity index is 1.44. The summed E-state index contributed by atoms with van der Waals surface area (Å²) in [6.45, 7) is 3.03. The van der Waals surface area contributed by atoms with Crippen molar-refractivity contribution < 1.29 is 36.2 Å². The Labute approximate surface area is 257 Å². The lowest BCUT2D eigenvalue weighted by Crippen LogP contribution is -2.41.